The summed E-state index contributed by atoms with van der Waals surface area (Å²) in [5.41, 5.74) is 4.08. The van der Waals surface area contributed by atoms with E-state index in [1.54, 1.807) is 18.2 Å². The minimum absolute atomic E-state index is 0.0597. The van der Waals surface area contributed by atoms with Gasteiger partial charge in [-0.1, -0.05) is 60.7 Å². The van der Waals surface area contributed by atoms with Gasteiger partial charge in [0, 0.05) is 12.6 Å². The van der Waals surface area contributed by atoms with Gasteiger partial charge < -0.3 is 25.0 Å². The number of hydrogen-bond acceptors (Lipinski definition) is 5. The average Bonchev–Trinajstić information content (AvgIpc) is 2.87. The molecule has 3 rings (SSSR count). The number of carbonyl (C=O) groups is 1. The molecule has 180 valence electrons. The molecule has 0 bridgehead atoms. The van der Waals surface area contributed by atoms with Crippen molar-refractivity contribution in [2.24, 2.45) is 0 Å². The molecule has 0 radical (unpaired) electrons. The molecule has 0 fully saturated rings. The minimum Gasteiger partial charge on any atom is -0.490 e. The molecule has 3 aromatic carbocycles. The van der Waals surface area contributed by atoms with Gasteiger partial charge >= 0.3 is 5.97 Å². The van der Waals surface area contributed by atoms with Crippen LogP contribution in [0.3, 0.4) is 0 Å². The van der Waals surface area contributed by atoms with E-state index in [-0.39, 0.29) is 11.6 Å². The third-order valence-corrected chi connectivity index (χ3v) is 5.68. The summed E-state index contributed by atoms with van der Waals surface area (Å²) in [4.78, 5) is 11.5. The molecule has 0 heterocycles. The van der Waals surface area contributed by atoms with Crippen LogP contribution in [0.25, 0.3) is 11.1 Å². The van der Waals surface area contributed by atoms with Crippen LogP contribution in [-0.4, -0.2) is 48.6 Å². The van der Waals surface area contributed by atoms with Gasteiger partial charge in [0.05, 0.1) is 12.7 Å². The number of benzene rings is 3. The molecule has 0 aromatic heterocycles. The highest BCUT2D eigenvalue weighted by Gasteiger charge is 2.15. The maximum atomic E-state index is 11.5. The molecule has 3 N–H and O–H groups in total. The summed E-state index contributed by atoms with van der Waals surface area (Å²) in [5.74, 6) is -0.684. The molecule has 0 amide bonds. The first-order chi connectivity index (χ1) is 16.5. The van der Waals surface area contributed by atoms with Crippen molar-refractivity contribution in [2.45, 2.75) is 32.4 Å². The van der Waals surface area contributed by atoms with Crippen molar-refractivity contribution < 1.29 is 24.5 Å². The van der Waals surface area contributed by atoms with Crippen molar-refractivity contribution in [1.29, 1.82) is 0 Å². The summed E-state index contributed by atoms with van der Waals surface area (Å²) < 4.78 is 11.0. The molecule has 0 aliphatic heterocycles. The summed E-state index contributed by atoms with van der Waals surface area (Å²) >= 11 is 0. The van der Waals surface area contributed by atoms with Crippen LogP contribution >= 0.6 is 0 Å². The largest absolute Gasteiger partial charge is 0.490 e. The fourth-order valence-electron chi connectivity index (χ4n) is 3.71. The quantitative estimate of drug-likeness (QED) is 0.318. The number of hydrogen-bond donors (Lipinski definition) is 3. The first kappa shape index (κ1) is 25.4. The van der Waals surface area contributed by atoms with Gasteiger partial charge in [0.15, 0.2) is 0 Å². The Kier molecular flexibility index (Phi) is 9.64. The van der Waals surface area contributed by atoms with Crippen molar-refractivity contribution in [1.82, 2.24) is 5.32 Å². The Labute approximate surface area is 201 Å². The van der Waals surface area contributed by atoms with Crippen LogP contribution in [0.1, 0.15) is 41.4 Å². The second kappa shape index (κ2) is 12.9. The standard InChI is InChI=1S/C28H33NO5/c1-3-33-17-18-34-26-19-24(13-14-25(26)28(31)32)22-11-9-21(10-12-22)15-16-29-20(2)27(30)23-7-5-4-6-8-23/h4-14,19-20,27,29-30H,3,15-18H2,1-2H3,(H,31,32)/t20-,27+/m0/s1. The lowest BCUT2D eigenvalue weighted by atomic mass is 10.0. The van der Waals surface area contributed by atoms with Crippen LogP contribution in [-0.2, 0) is 11.2 Å². The molecule has 34 heavy (non-hydrogen) atoms. The van der Waals surface area contributed by atoms with Crippen LogP contribution < -0.4 is 10.1 Å². The minimum atomic E-state index is -1.02. The van der Waals surface area contributed by atoms with Crippen LogP contribution in [0.2, 0.25) is 0 Å². The van der Waals surface area contributed by atoms with E-state index in [1.165, 1.54) is 5.56 Å². The molecule has 6 nitrogen and oxygen atoms in total. The van der Waals surface area contributed by atoms with Crippen LogP contribution in [0.5, 0.6) is 5.75 Å². The summed E-state index contributed by atoms with van der Waals surface area (Å²) in [7, 11) is 0. The van der Waals surface area contributed by atoms with Gasteiger partial charge in [-0.05, 0) is 61.2 Å². The predicted octanol–water partition coefficient (Wildman–Crippen LogP) is 4.72. The number of aliphatic hydroxyl groups is 1. The highest BCUT2D eigenvalue weighted by atomic mass is 16.5. The normalized spacial score (nSPS) is 12.8. The molecular formula is C28H33NO5. The summed E-state index contributed by atoms with van der Waals surface area (Å²) in [5, 5.41) is 23.3. The zero-order valence-electron chi connectivity index (χ0n) is 19.7. The smallest absolute Gasteiger partial charge is 0.339 e. The molecule has 0 spiro atoms. The first-order valence-corrected chi connectivity index (χ1v) is 11.6. The second-order valence-corrected chi connectivity index (χ2v) is 8.11. The first-order valence-electron chi connectivity index (χ1n) is 11.6. The highest BCUT2D eigenvalue weighted by molar-refractivity contribution is 5.92. The van der Waals surface area contributed by atoms with Crippen molar-refractivity contribution in [3.8, 4) is 16.9 Å². The number of aromatic carboxylic acids is 1. The van der Waals surface area contributed by atoms with E-state index >= 15 is 0 Å². The van der Waals surface area contributed by atoms with Gasteiger partial charge in [-0.2, -0.15) is 0 Å². The fourth-order valence-corrected chi connectivity index (χ4v) is 3.71. The summed E-state index contributed by atoms with van der Waals surface area (Å²) in [6, 6.07) is 22.9. The number of nitrogens with one attached hydrogen (secondary N) is 1. The second-order valence-electron chi connectivity index (χ2n) is 8.11. The molecule has 6 heteroatoms. The van der Waals surface area contributed by atoms with Crippen molar-refractivity contribution >= 4 is 5.97 Å². The van der Waals surface area contributed by atoms with Gasteiger partial charge in [0.2, 0.25) is 0 Å². The molecule has 3 aromatic rings. The Morgan fingerprint density at radius 3 is 2.35 bits per heavy atom. The van der Waals surface area contributed by atoms with Gasteiger partial charge in [-0.3, -0.25) is 0 Å². The van der Waals surface area contributed by atoms with Crippen LogP contribution in [0.4, 0.5) is 0 Å². The van der Waals surface area contributed by atoms with E-state index in [4.69, 9.17) is 9.47 Å². The third-order valence-electron chi connectivity index (χ3n) is 5.68. The lowest BCUT2D eigenvalue weighted by Gasteiger charge is -2.20. The Balaban J connectivity index is 1.58. The molecule has 2 atom stereocenters. The lowest BCUT2D eigenvalue weighted by molar-refractivity contribution is 0.0687. The zero-order chi connectivity index (χ0) is 24.3. The van der Waals surface area contributed by atoms with E-state index < -0.39 is 12.1 Å². The van der Waals surface area contributed by atoms with E-state index in [0.29, 0.717) is 25.6 Å². The summed E-state index contributed by atoms with van der Waals surface area (Å²) in [6.07, 6.45) is 0.276. The van der Waals surface area contributed by atoms with Crippen LogP contribution in [0.15, 0.2) is 72.8 Å². The summed E-state index contributed by atoms with van der Waals surface area (Å²) in [6.45, 7) is 5.91. The third kappa shape index (κ3) is 7.15. The highest BCUT2D eigenvalue weighted by Crippen LogP contribution is 2.28. The Morgan fingerprint density at radius 1 is 0.971 bits per heavy atom. The molecule has 0 aliphatic carbocycles. The Morgan fingerprint density at radius 2 is 1.68 bits per heavy atom. The van der Waals surface area contributed by atoms with Gasteiger partial charge in [0.1, 0.15) is 17.9 Å². The SMILES string of the molecule is CCOCCOc1cc(-c2ccc(CCN[C@@H](C)[C@@H](O)c3ccccc3)cc2)ccc1C(=O)O. The molecular weight excluding hydrogens is 430 g/mol. The average molecular weight is 464 g/mol. The zero-order valence-corrected chi connectivity index (χ0v) is 19.7. The molecule has 0 saturated carbocycles. The number of carboxylic acids is 1. The lowest BCUT2D eigenvalue weighted by Crippen LogP contribution is -2.33. The molecule has 0 unspecified atom stereocenters. The van der Waals surface area contributed by atoms with E-state index in [1.807, 2.05) is 56.3 Å². The molecule has 0 aliphatic rings. The van der Waals surface area contributed by atoms with E-state index in [9.17, 15) is 15.0 Å². The van der Waals surface area contributed by atoms with Gasteiger partial charge in [-0.25, -0.2) is 4.79 Å². The molecule has 0 saturated heterocycles. The monoisotopic (exact) mass is 463 g/mol. The number of ether oxygens (including phenoxy) is 2. The Hall–Kier alpha value is -3.19. The van der Waals surface area contributed by atoms with E-state index in [0.717, 1.165) is 29.7 Å². The Bertz CT molecular complexity index is 1040. The van der Waals surface area contributed by atoms with Crippen molar-refractivity contribution in [3.05, 3.63) is 89.5 Å². The maximum Gasteiger partial charge on any atom is 0.339 e. The number of carboxylic acid groups (broad SMARTS) is 1. The fraction of sp³-hybridized carbons (Fsp3) is 0.321. The maximum absolute atomic E-state index is 11.5. The topological polar surface area (TPSA) is 88.0 Å². The number of rotatable bonds is 13. The van der Waals surface area contributed by atoms with E-state index in [2.05, 4.69) is 17.4 Å². The predicted molar refractivity (Wildman–Crippen MR) is 133 cm³/mol. The van der Waals surface area contributed by atoms with Crippen molar-refractivity contribution in [3.63, 3.8) is 0 Å². The van der Waals surface area contributed by atoms with Gasteiger partial charge in [0.25, 0.3) is 0 Å². The van der Waals surface area contributed by atoms with Gasteiger partial charge in [-0.15, -0.1) is 0 Å². The van der Waals surface area contributed by atoms with Crippen LogP contribution in [0, 0.1) is 0 Å². The number of aliphatic hydroxyl groups excluding tert-OH is 1. The van der Waals surface area contributed by atoms with Crippen molar-refractivity contribution in [2.75, 3.05) is 26.4 Å².